The molecule has 0 aromatic carbocycles. The summed E-state index contributed by atoms with van der Waals surface area (Å²) in [7, 11) is 4.45. The first-order valence-corrected chi connectivity index (χ1v) is 28.0. The number of nitrogens with zero attached hydrogens (tertiary/aromatic N) is 1. The number of cyclic esters (lactones) is 1. The molecule has 1 saturated carbocycles. The molecule has 0 aromatic heterocycles. The van der Waals surface area contributed by atoms with Gasteiger partial charge in [0.25, 0.3) is 11.7 Å². The van der Waals surface area contributed by atoms with Crippen LogP contribution in [0.3, 0.4) is 0 Å². The van der Waals surface area contributed by atoms with Gasteiger partial charge < -0.3 is 53.6 Å². The number of fused-ring (bicyclic) bond motifs is 3. The number of carbonyl (C=O) groups is 7. The standard InChI is InChI=1S/C59H92N2O16/c1-14-74-57(68)50(34(2)3)60-58(69)76-46-26-24-42(31-49(46)72-12)30-38(7)48-33-45(62)37(6)29-40(9)52(64)53(73-13)51(63)39(8)28-35(4)20-16-15-17-21-36(5)47(71-11)32-43-25-23-41(10)59(70,77-43)54(65)55(66)61-27-19-18-22-44(61)56(67)75-48/h15-17,20-21,29,34-35,37-39,41-44,46-50,52-53,64,70H,14,18-19,22-28,30-33H2,1-13H3,(H,60,69)/b17-15+,20-16-,36-21+,40-29+/t35?,37?,38?,39-,41-,42?,43?,44+,46-,47?,48?,49?,50?,52-,53?,59-/m1/s1. The van der Waals surface area contributed by atoms with Crippen LogP contribution in [0, 0.1) is 41.4 Å². The number of piperidine rings is 1. The lowest BCUT2D eigenvalue weighted by Gasteiger charge is -2.42. The molecular formula is C59H92N2O16. The van der Waals surface area contributed by atoms with Gasteiger partial charge in [0.05, 0.1) is 24.9 Å². The number of amides is 2. The van der Waals surface area contributed by atoms with E-state index in [4.69, 9.17) is 33.2 Å². The zero-order valence-electron chi connectivity index (χ0n) is 48.2. The molecular weight excluding hydrogens is 993 g/mol. The molecule has 3 heterocycles. The fourth-order valence-electron chi connectivity index (χ4n) is 11.3. The molecule has 0 radical (unpaired) electrons. The molecule has 0 spiro atoms. The summed E-state index contributed by atoms with van der Waals surface area (Å²) in [6, 6.07) is -2.11. The van der Waals surface area contributed by atoms with Crippen LogP contribution in [0.4, 0.5) is 4.79 Å². The molecule has 3 fully saturated rings. The van der Waals surface area contributed by atoms with Crippen molar-refractivity contribution < 1.29 is 76.9 Å². The fraction of sp³-hybridized carbons (Fsp3) is 0.746. The van der Waals surface area contributed by atoms with Crippen LogP contribution in [0.2, 0.25) is 0 Å². The highest BCUT2D eigenvalue weighted by atomic mass is 16.6. The minimum absolute atomic E-state index is 0.00789. The molecule has 0 aromatic rings. The molecule has 77 heavy (non-hydrogen) atoms. The van der Waals surface area contributed by atoms with Crippen molar-refractivity contribution in [1.29, 1.82) is 0 Å². The molecule has 2 saturated heterocycles. The molecule has 10 unspecified atom stereocenters. The first-order chi connectivity index (χ1) is 36.4. The van der Waals surface area contributed by atoms with Crippen LogP contribution in [0.1, 0.15) is 146 Å². The van der Waals surface area contributed by atoms with E-state index in [2.05, 4.69) is 5.32 Å². The highest BCUT2D eigenvalue weighted by Crippen LogP contribution is 2.38. The predicted octanol–water partition coefficient (Wildman–Crippen LogP) is 7.50. The van der Waals surface area contributed by atoms with E-state index in [0.29, 0.717) is 69.8 Å². The summed E-state index contributed by atoms with van der Waals surface area (Å²) < 4.78 is 40.8. The topological polar surface area (TPSA) is 240 Å². The molecule has 1 aliphatic carbocycles. The second kappa shape index (κ2) is 30.7. The highest BCUT2D eigenvalue weighted by Gasteiger charge is 2.53. The number of hydrogen-bond acceptors (Lipinski definition) is 16. The van der Waals surface area contributed by atoms with E-state index in [-0.39, 0.29) is 55.3 Å². The van der Waals surface area contributed by atoms with Crippen LogP contribution in [-0.4, -0.2) is 151 Å². The largest absolute Gasteiger partial charge is 0.464 e. The second-order valence-corrected chi connectivity index (χ2v) is 22.6. The number of allylic oxidation sites excluding steroid dienone is 6. The van der Waals surface area contributed by atoms with Gasteiger partial charge in [-0.05, 0) is 120 Å². The normalized spacial score (nSPS) is 36.2. The van der Waals surface area contributed by atoms with Gasteiger partial charge in [-0.1, -0.05) is 84.9 Å². The van der Waals surface area contributed by atoms with Crippen molar-refractivity contribution in [3.05, 3.63) is 47.6 Å². The molecule has 2 amide bonds. The molecule has 3 N–H and O–H groups in total. The Bertz CT molecular complexity index is 2140. The Balaban J connectivity index is 1.67. The quantitative estimate of drug-likeness (QED) is 0.0785. The van der Waals surface area contributed by atoms with Crippen LogP contribution < -0.4 is 5.32 Å². The van der Waals surface area contributed by atoms with E-state index in [1.807, 2.05) is 51.2 Å². The number of nitrogens with one attached hydrogen (secondary N) is 1. The van der Waals surface area contributed by atoms with Gasteiger partial charge in [-0.3, -0.25) is 19.2 Å². The van der Waals surface area contributed by atoms with Crippen LogP contribution in [0.5, 0.6) is 0 Å². The Labute approximate surface area is 457 Å². The number of hydrogen-bond donors (Lipinski definition) is 3. The molecule has 4 rings (SSSR count). The third-order valence-corrected chi connectivity index (χ3v) is 16.2. The Hall–Kier alpha value is -4.59. The zero-order chi connectivity index (χ0) is 57.3. The predicted molar refractivity (Wildman–Crippen MR) is 288 cm³/mol. The van der Waals surface area contributed by atoms with E-state index >= 15 is 0 Å². The summed E-state index contributed by atoms with van der Waals surface area (Å²) in [6.07, 6.45) is 9.08. The van der Waals surface area contributed by atoms with Gasteiger partial charge in [-0.15, -0.1) is 0 Å². The molecule has 18 heteroatoms. The molecule has 4 aliphatic rings. The van der Waals surface area contributed by atoms with Crippen molar-refractivity contribution in [2.24, 2.45) is 41.4 Å². The number of ether oxygens (including phenoxy) is 7. The number of carbonyl (C=O) groups excluding carboxylic acids is 7. The number of esters is 2. The van der Waals surface area contributed by atoms with Crippen molar-refractivity contribution in [2.45, 2.75) is 207 Å². The zero-order valence-corrected chi connectivity index (χ0v) is 48.2. The van der Waals surface area contributed by atoms with Crippen LogP contribution in [0.25, 0.3) is 0 Å². The van der Waals surface area contributed by atoms with E-state index < -0.39 is 114 Å². The lowest BCUT2D eigenvalue weighted by molar-refractivity contribution is -0.265. The number of Topliss-reactive ketones (excluding diaryl/α,β-unsaturated/α-hetero) is 3. The minimum atomic E-state index is -2.47. The summed E-state index contributed by atoms with van der Waals surface area (Å²) in [5.41, 5.74) is 1.21. The Morgan fingerprint density at radius 2 is 1.57 bits per heavy atom. The van der Waals surface area contributed by atoms with Crippen LogP contribution >= 0.6 is 0 Å². The summed E-state index contributed by atoms with van der Waals surface area (Å²) in [5, 5.41) is 26.2. The van der Waals surface area contributed by atoms with Gasteiger partial charge in [0.1, 0.15) is 42.3 Å². The van der Waals surface area contributed by atoms with E-state index in [1.165, 1.54) is 19.1 Å². The number of aliphatic hydroxyl groups is 2. The van der Waals surface area contributed by atoms with Crippen molar-refractivity contribution >= 4 is 41.3 Å². The van der Waals surface area contributed by atoms with Gasteiger partial charge in [-0.25, -0.2) is 14.4 Å². The smallest absolute Gasteiger partial charge is 0.408 e. The van der Waals surface area contributed by atoms with Gasteiger partial charge in [0.2, 0.25) is 5.79 Å². The Kier molecular flexibility index (Phi) is 25.9. The maximum atomic E-state index is 14.6. The lowest BCUT2D eigenvalue weighted by atomic mass is 9.78. The van der Waals surface area contributed by atoms with Gasteiger partial charge >= 0.3 is 18.0 Å². The van der Waals surface area contributed by atoms with Crippen LogP contribution in [-0.2, 0) is 61.9 Å². The first-order valence-electron chi connectivity index (χ1n) is 28.0. The maximum Gasteiger partial charge on any atom is 0.408 e. The first kappa shape index (κ1) is 64.9. The summed E-state index contributed by atoms with van der Waals surface area (Å²) in [6.45, 7) is 18.0. The van der Waals surface area contributed by atoms with Gasteiger partial charge in [0, 0.05) is 58.5 Å². The van der Waals surface area contributed by atoms with Crippen molar-refractivity contribution in [2.75, 3.05) is 34.5 Å². The number of alkyl carbamates (subject to hydrolysis) is 1. The highest BCUT2D eigenvalue weighted by molar-refractivity contribution is 6.39. The Morgan fingerprint density at radius 3 is 2.22 bits per heavy atom. The molecule has 16 atom stereocenters. The lowest BCUT2D eigenvalue weighted by Crippen LogP contribution is -2.61. The van der Waals surface area contributed by atoms with E-state index in [0.717, 1.165) is 5.57 Å². The number of rotatable bonds is 11. The van der Waals surface area contributed by atoms with Gasteiger partial charge in [-0.2, -0.15) is 0 Å². The summed E-state index contributed by atoms with van der Waals surface area (Å²) in [4.78, 5) is 98.4. The van der Waals surface area contributed by atoms with Crippen LogP contribution in [0.15, 0.2) is 47.6 Å². The van der Waals surface area contributed by atoms with Crippen molar-refractivity contribution in [1.82, 2.24) is 10.2 Å². The summed E-state index contributed by atoms with van der Waals surface area (Å²) in [5.74, 6) is -9.43. The third kappa shape index (κ3) is 18.0. The SMILES string of the molecule is CCOC(=O)C(NC(=O)O[C@@H]1CCC(CC(C)C2CC(=O)C(C)/C=C(\C)[C@@H](O)C(OC)C(=O)[C@H](C)CC(C)\C=C/C=C/C=C(\C)C(OC)CC3CC[C@@H](C)[C@@](O)(O3)C(=O)C(=O)N3CCCC[C@H]3C(=O)O2)CC1OC)C(C)C. The monoisotopic (exact) mass is 1080 g/mol. The number of methoxy groups -OCH3 is 3. The average molecular weight is 1090 g/mol. The molecule has 3 aliphatic heterocycles. The second-order valence-electron chi connectivity index (χ2n) is 22.6. The van der Waals surface area contributed by atoms with Gasteiger partial charge in [0.15, 0.2) is 5.78 Å². The molecule has 18 nitrogen and oxygen atoms in total. The van der Waals surface area contributed by atoms with E-state index in [9.17, 15) is 43.8 Å². The maximum absolute atomic E-state index is 14.6. The minimum Gasteiger partial charge on any atom is -0.464 e. The summed E-state index contributed by atoms with van der Waals surface area (Å²) >= 11 is 0. The number of ketones is 3. The Morgan fingerprint density at radius 1 is 0.857 bits per heavy atom. The van der Waals surface area contributed by atoms with Crippen molar-refractivity contribution in [3.8, 4) is 0 Å². The van der Waals surface area contributed by atoms with E-state index in [1.54, 1.807) is 61.7 Å². The molecule has 2 bridgehead atoms. The number of aliphatic hydroxyl groups excluding tert-OH is 1. The molecule has 434 valence electrons. The average Bonchev–Trinajstić information content (AvgIpc) is 3.39. The van der Waals surface area contributed by atoms with Crippen molar-refractivity contribution in [3.63, 3.8) is 0 Å². The fourth-order valence-corrected chi connectivity index (χ4v) is 11.3. The third-order valence-electron chi connectivity index (χ3n) is 16.2.